The van der Waals surface area contributed by atoms with E-state index in [0.717, 1.165) is 23.4 Å². The van der Waals surface area contributed by atoms with Gasteiger partial charge >= 0.3 is 0 Å². The van der Waals surface area contributed by atoms with Crippen LogP contribution in [0, 0.1) is 0 Å². The Morgan fingerprint density at radius 2 is 2.19 bits per heavy atom. The molecule has 0 aromatic carbocycles. The first-order chi connectivity index (χ1) is 7.75. The first-order valence-corrected chi connectivity index (χ1v) is 5.27. The van der Waals surface area contributed by atoms with Crippen LogP contribution in [0.3, 0.4) is 0 Å². The maximum atomic E-state index is 4.35. The molecule has 0 unspecified atom stereocenters. The Bertz CT molecular complexity index is 493. The lowest BCUT2D eigenvalue weighted by molar-refractivity contribution is 1.19. The number of rotatable bonds is 0. The molecule has 2 nitrogen and oxygen atoms in total. The predicted molar refractivity (Wildman–Crippen MR) is 68.4 cm³/mol. The van der Waals surface area contributed by atoms with Gasteiger partial charge in [-0.05, 0) is 36.3 Å². The third kappa shape index (κ3) is 2.54. The largest absolute Gasteiger partial charge is 0.266 e. The van der Waals surface area contributed by atoms with Gasteiger partial charge in [-0.2, -0.15) is 0 Å². The maximum Gasteiger partial charge on any atom is 0.0665 e. The first kappa shape index (κ1) is 10.6. The van der Waals surface area contributed by atoms with E-state index in [1.165, 1.54) is 5.56 Å². The first-order valence-electron chi connectivity index (χ1n) is 5.27. The Morgan fingerprint density at radius 3 is 3.06 bits per heavy atom. The Balaban J connectivity index is 2.43. The average Bonchev–Trinajstić information content (AvgIpc) is 2.27. The Labute approximate surface area is 95.8 Å². The summed E-state index contributed by atoms with van der Waals surface area (Å²) in [5, 5.41) is 0. The summed E-state index contributed by atoms with van der Waals surface area (Å²) < 4.78 is 0. The van der Waals surface area contributed by atoms with Crippen molar-refractivity contribution in [2.75, 3.05) is 0 Å². The van der Waals surface area contributed by atoms with Crippen LogP contribution in [0.25, 0.3) is 6.08 Å². The molecule has 1 aromatic rings. The van der Waals surface area contributed by atoms with Gasteiger partial charge in [-0.25, -0.2) is 0 Å². The molecule has 2 heterocycles. The Kier molecular flexibility index (Phi) is 3.10. The highest BCUT2D eigenvalue weighted by Gasteiger charge is 1.99. The number of allylic oxidation sites excluding steroid dienone is 4. The van der Waals surface area contributed by atoms with Crippen LogP contribution in [-0.2, 0) is 6.42 Å². The molecule has 0 amide bonds. The summed E-state index contributed by atoms with van der Waals surface area (Å²) in [4.78, 5) is 8.68. The van der Waals surface area contributed by atoms with E-state index in [1.54, 1.807) is 6.20 Å². The molecule has 0 spiro atoms. The molecular weight excluding hydrogens is 196 g/mol. The van der Waals surface area contributed by atoms with Gasteiger partial charge in [0.25, 0.3) is 0 Å². The van der Waals surface area contributed by atoms with Crippen LogP contribution in [0.1, 0.15) is 18.2 Å². The molecule has 1 aliphatic rings. The number of pyridine rings is 1. The molecule has 2 heteroatoms. The van der Waals surface area contributed by atoms with Crippen molar-refractivity contribution in [3.05, 3.63) is 59.6 Å². The smallest absolute Gasteiger partial charge is 0.0665 e. The molecular formula is C14H14N2. The van der Waals surface area contributed by atoms with Crippen molar-refractivity contribution < 1.29 is 0 Å². The number of hydrogen-bond acceptors (Lipinski definition) is 2. The van der Waals surface area contributed by atoms with Crippen LogP contribution >= 0.6 is 0 Å². The summed E-state index contributed by atoms with van der Waals surface area (Å²) >= 11 is 0. The van der Waals surface area contributed by atoms with Crippen LogP contribution in [-0.4, -0.2) is 11.2 Å². The van der Waals surface area contributed by atoms with Crippen LogP contribution in [0.2, 0.25) is 0 Å². The Hall–Kier alpha value is -1.96. The predicted octanol–water partition coefficient (Wildman–Crippen LogP) is 3.18. The van der Waals surface area contributed by atoms with E-state index in [4.69, 9.17) is 0 Å². The highest BCUT2D eigenvalue weighted by Crippen LogP contribution is 2.12. The minimum absolute atomic E-state index is 0.811. The molecule has 2 rings (SSSR count). The second-order valence-corrected chi connectivity index (χ2v) is 3.76. The second-order valence-electron chi connectivity index (χ2n) is 3.76. The third-order valence-corrected chi connectivity index (χ3v) is 2.38. The van der Waals surface area contributed by atoms with Gasteiger partial charge in [0.05, 0.1) is 5.69 Å². The zero-order valence-electron chi connectivity index (χ0n) is 9.35. The van der Waals surface area contributed by atoms with Crippen LogP contribution in [0.4, 0.5) is 0 Å². The van der Waals surface area contributed by atoms with E-state index in [0.29, 0.717) is 0 Å². The fraction of sp³-hybridized carbons (Fsp3) is 0.143. The molecule has 1 aliphatic heterocycles. The van der Waals surface area contributed by atoms with E-state index in [2.05, 4.69) is 22.6 Å². The van der Waals surface area contributed by atoms with Crippen molar-refractivity contribution in [2.45, 2.75) is 13.3 Å². The van der Waals surface area contributed by atoms with E-state index < -0.39 is 0 Å². The molecule has 0 bridgehead atoms. The summed E-state index contributed by atoms with van der Waals surface area (Å²) in [6.07, 6.45) is 10.5. The molecule has 0 radical (unpaired) electrons. The summed E-state index contributed by atoms with van der Waals surface area (Å²) in [6, 6.07) is 4.02. The normalized spacial score (nSPS) is 22.8. The number of aliphatic imine (C=N–C) groups is 1. The minimum atomic E-state index is 0.811. The van der Waals surface area contributed by atoms with Gasteiger partial charge in [-0.1, -0.05) is 18.7 Å². The number of aromatic nitrogens is 1. The molecule has 0 saturated heterocycles. The Morgan fingerprint density at radius 1 is 1.31 bits per heavy atom. The number of fused-ring (bicyclic) bond motifs is 1. The van der Waals surface area contributed by atoms with Crippen molar-refractivity contribution in [3.63, 3.8) is 0 Å². The van der Waals surface area contributed by atoms with Gasteiger partial charge in [0, 0.05) is 24.5 Å². The van der Waals surface area contributed by atoms with Gasteiger partial charge < -0.3 is 0 Å². The van der Waals surface area contributed by atoms with Crippen LogP contribution < -0.4 is 0 Å². The molecule has 0 N–H and O–H groups in total. The fourth-order valence-electron chi connectivity index (χ4n) is 1.60. The monoisotopic (exact) mass is 210 g/mol. The summed E-state index contributed by atoms with van der Waals surface area (Å²) in [7, 11) is 0. The molecule has 16 heavy (non-hydrogen) atoms. The highest BCUT2D eigenvalue weighted by atomic mass is 14.7. The minimum Gasteiger partial charge on any atom is -0.266 e. The molecule has 0 aliphatic carbocycles. The van der Waals surface area contributed by atoms with Crippen molar-refractivity contribution in [2.24, 2.45) is 4.99 Å². The highest BCUT2D eigenvalue weighted by molar-refractivity contribution is 5.67. The summed E-state index contributed by atoms with van der Waals surface area (Å²) in [6.45, 7) is 5.92. The lowest BCUT2D eigenvalue weighted by Gasteiger charge is -2.03. The van der Waals surface area contributed by atoms with Gasteiger partial charge in [-0.15, -0.1) is 0 Å². The topological polar surface area (TPSA) is 25.2 Å². The van der Waals surface area contributed by atoms with Crippen LogP contribution in [0.15, 0.2) is 53.3 Å². The average molecular weight is 210 g/mol. The lowest BCUT2D eigenvalue weighted by Crippen LogP contribution is -1.94. The second kappa shape index (κ2) is 4.71. The van der Waals surface area contributed by atoms with Crippen molar-refractivity contribution in [3.8, 4) is 0 Å². The van der Waals surface area contributed by atoms with Gasteiger partial charge in [-0.3, -0.25) is 9.98 Å². The number of nitrogens with zero attached hydrogens (tertiary/aromatic N) is 2. The van der Waals surface area contributed by atoms with Gasteiger partial charge in [0.2, 0.25) is 0 Å². The van der Waals surface area contributed by atoms with E-state index in [-0.39, 0.29) is 0 Å². The van der Waals surface area contributed by atoms with Crippen molar-refractivity contribution in [1.82, 2.24) is 4.98 Å². The van der Waals surface area contributed by atoms with E-state index in [1.807, 2.05) is 37.4 Å². The summed E-state index contributed by atoms with van der Waals surface area (Å²) in [5.74, 6) is 0. The van der Waals surface area contributed by atoms with Crippen molar-refractivity contribution >= 4 is 12.3 Å². The summed E-state index contributed by atoms with van der Waals surface area (Å²) in [5.41, 5.74) is 4.09. The van der Waals surface area contributed by atoms with Crippen molar-refractivity contribution in [1.29, 1.82) is 0 Å². The molecule has 1 aromatic heterocycles. The van der Waals surface area contributed by atoms with Crippen LogP contribution in [0.5, 0.6) is 0 Å². The van der Waals surface area contributed by atoms with Gasteiger partial charge in [0.1, 0.15) is 0 Å². The SMILES string of the molecule is C=C1/C=C\c2ncccc2C/C=N\C(C)=C/1. The quantitative estimate of drug-likeness (QED) is 0.645. The van der Waals surface area contributed by atoms with E-state index in [9.17, 15) is 0 Å². The third-order valence-electron chi connectivity index (χ3n) is 2.38. The van der Waals surface area contributed by atoms with E-state index >= 15 is 0 Å². The zero-order chi connectivity index (χ0) is 11.4. The standard InChI is InChI=1S/C14H14N2/c1-11-5-6-14-13(4-3-8-16-14)7-9-15-12(2)10-11/h3-6,8-10H,1,7H2,2H3/b6-5-,12-10-,15-9-. The molecule has 0 saturated carbocycles. The molecule has 0 atom stereocenters. The maximum absolute atomic E-state index is 4.35. The zero-order valence-corrected chi connectivity index (χ0v) is 9.35. The van der Waals surface area contributed by atoms with Gasteiger partial charge in [0.15, 0.2) is 0 Å². The fourth-order valence-corrected chi connectivity index (χ4v) is 1.60. The molecule has 0 fully saturated rings. The number of hydrogen-bond donors (Lipinski definition) is 0. The molecule has 80 valence electrons. The lowest BCUT2D eigenvalue weighted by atomic mass is 10.1.